The van der Waals surface area contributed by atoms with E-state index >= 15 is 0 Å². The number of amides is 3. The van der Waals surface area contributed by atoms with Crippen LogP contribution >= 0.6 is 11.6 Å². The third-order valence-electron chi connectivity index (χ3n) is 5.18. The molecule has 1 N–H and O–H groups in total. The van der Waals surface area contributed by atoms with Gasteiger partial charge in [-0.15, -0.1) is 0 Å². The largest absolute Gasteiger partial charge is 0.493 e. The lowest BCUT2D eigenvalue weighted by molar-refractivity contribution is -0.119. The second-order valence-electron chi connectivity index (χ2n) is 8.20. The lowest BCUT2D eigenvalue weighted by Crippen LogP contribution is -2.45. The van der Waals surface area contributed by atoms with Crippen LogP contribution in [-0.4, -0.2) is 55.5 Å². The first-order valence-corrected chi connectivity index (χ1v) is 11.0. The first kappa shape index (κ1) is 24.4. The van der Waals surface area contributed by atoms with Gasteiger partial charge in [-0.05, 0) is 45.0 Å². The fourth-order valence-electron chi connectivity index (χ4n) is 3.73. The third-order valence-corrected chi connectivity index (χ3v) is 5.46. The monoisotopic (exact) mass is 473 g/mol. The molecule has 1 atom stereocenters. The molecule has 176 valence electrons. The Morgan fingerprint density at radius 2 is 1.97 bits per heavy atom. The van der Waals surface area contributed by atoms with E-state index in [1.54, 1.807) is 42.2 Å². The Kier molecular flexibility index (Phi) is 7.48. The second-order valence-corrected chi connectivity index (χ2v) is 8.61. The summed E-state index contributed by atoms with van der Waals surface area (Å²) in [5.74, 6) is -0.180. The molecule has 9 heteroatoms. The zero-order chi connectivity index (χ0) is 24.3. The number of benzene rings is 2. The van der Waals surface area contributed by atoms with Gasteiger partial charge < -0.3 is 24.6 Å². The maximum Gasteiger partial charge on any atom is 0.254 e. The molecule has 8 nitrogen and oxygen atoms in total. The number of nitrogens with zero attached hydrogens (tertiary/aromatic N) is 2. The van der Waals surface area contributed by atoms with Gasteiger partial charge in [-0.1, -0.05) is 23.7 Å². The molecule has 2 aromatic carbocycles. The predicted molar refractivity (Wildman–Crippen MR) is 127 cm³/mol. The van der Waals surface area contributed by atoms with E-state index in [1.165, 1.54) is 25.1 Å². The Balaban J connectivity index is 1.83. The molecule has 3 amide bonds. The molecule has 1 aliphatic rings. The molecular formula is C24H28ClN3O5. The third kappa shape index (κ3) is 5.39. The van der Waals surface area contributed by atoms with Crippen LogP contribution in [0.2, 0.25) is 5.02 Å². The van der Waals surface area contributed by atoms with Crippen molar-refractivity contribution < 1.29 is 23.9 Å². The number of rotatable bonds is 6. The van der Waals surface area contributed by atoms with E-state index in [0.29, 0.717) is 22.9 Å². The molecule has 1 aliphatic heterocycles. The number of fused-ring (bicyclic) bond motifs is 1. The van der Waals surface area contributed by atoms with Crippen LogP contribution in [0, 0.1) is 0 Å². The quantitative estimate of drug-likeness (QED) is 0.685. The Morgan fingerprint density at radius 3 is 2.64 bits per heavy atom. The summed E-state index contributed by atoms with van der Waals surface area (Å²) >= 11 is 6.35. The molecule has 33 heavy (non-hydrogen) atoms. The van der Waals surface area contributed by atoms with Crippen molar-refractivity contribution >= 4 is 40.7 Å². The zero-order valence-corrected chi connectivity index (χ0v) is 20.1. The van der Waals surface area contributed by atoms with Crippen LogP contribution in [0.15, 0.2) is 36.4 Å². The van der Waals surface area contributed by atoms with E-state index in [-0.39, 0.29) is 47.5 Å². The molecule has 0 saturated carbocycles. The maximum absolute atomic E-state index is 13.3. The Labute approximate surface area is 198 Å². The van der Waals surface area contributed by atoms with Crippen LogP contribution in [0.1, 0.15) is 37.6 Å². The van der Waals surface area contributed by atoms with E-state index in [9.17, 15) is 14.4 Å². The minimum absolute atomic E-state index is 0.127. The standard InChI is InChI=1S/C24H28ClN3O5/c1-14(2)33-23-17(25)11-16(12-20(23)32-5)24(31)27(4)13-22(30)28-15(3)10-21(29)26-18-8-6-7-9-19(18)28/h6-9,11-12,14-15H,10,13H2,1-5H3,(H,26,29)/t15-/m0/s1. The van der Waals surface area contributed by atoms with Gasteiger partial charge in [0.25, 0.3) is 5.91 Å². The van der Waals surface area contributed by atoms with E-state index in [4.69, 9.17) is 21.1 Å². The summed E-state index contributed by atoms with van der Waals surface area (Å²) in [6.45, 7) is 5.34. The number of ether oxygens (including phenoxy) is 2. The number of carbonyl (C=O) groups is 3. The number of nitrogens with one attached hydrogen (secondary N) is 1. The van der Waals surface area contributed by atoms with E-state index in [2.05, 4.69) is 5.32 Å². The fraction of sp³-hybridized carbons (Fsp3) is 0.375. The van der Waals surface area contributed by atoms with Gasteiger partial charge in [0, 0.05) is 25.1 Å². The number of anilines is 2. The van der Waals surface area contributed by atoms with Crippen LogP contribution in [-0.2, 0) is 9.59 Å². The van der Waals surface area contributed by atoms with Crippen molar-refractivity contribution in [3.05, 3.63) is 47.0 Å². The number of likely N-dealkylation sites (N-methyl/N-ethyl adjacent to an activating group) is 1. The Morgan fingerprint density at radius 1 is 1.27 bits per heavy atom. The first-order chi connectivity index (χ1) is 15.6. The molecule has 0 bridgehead atoms. The second kappa shape index (κ2) is 10.1. The van der Waals surface area contributed by atoms with Crippen LogP contribution in [0.4, 0.5) is 11.4 Å². The highest BCUT2D eigenvalue weighted by Crippen LogP contribution is 2.37. The highest BCUT2D eigenvalue weighted by Gasteiger charge is 2.31. The van der Waals surface area contributed by atoms with Crippen LogP contribution in [0.3, 0.4) is 0 Å². The summed E-state index contributed by atoms with van der Waals surface area (Å²) in [5.41, 5.74) is 1.43. The summed E-state index contributed by atoms with van der Waals surface area (Å²) in [6, 6.07) is 9.78. The van der Waals surface area contributed by atoms with Crippen molar-refractivity contribution in [3.8, 4) is 11.5 Å². The summed E-state index contributed by atoms with van der Waals surface area (Å²) in [6.07, 6.45) is 0.0282. The fourth-order valence-corrected chi connectivity index (χ4v) is 3.99. The van der Waals surface area contributed by atoms with Crippen molar-refractivity contribution in [1.29, 1.82) is 0 Å². The van der Waals surface area contributed by atoms with E-state index < -0.39 is 5.91 Å². The maximum atomic E-state index is 13.3. The number of hydrogen-bond donors (Lipinski definition) is 1. The van der Waals surface area contributed by atoms with Crippen molar-refractivity contribution in [1.82, 2.24) is 4.90 Å². The van der Waals surface area contributed by atoms with Gasteiger partial charge in [0.2, 0.25) is 11.8 Å². The molecule has 2 aromatic rings. The van der Waals surface area contributed by atoms with Crippen LogP contribution in [0.25, 0.3) is 0 Å². The Bertz CT molecular complexity index is 1070. The molecular weight excluding hydrogens is 446 g/mol. The minimum atomic E-state index is -0.399. The SMILES string of the molecule is COc1cc(C(=O)N(C)CC(=O)N2c3ccccc3NC(=O)C[C@@H]2C)cc(Cl)c1OC(C)C. The number of methoxy groups -OCH3 is 1. The van der Waals surface area contributed by atoms with Crippen molar-refractivity contribution in [2.75, 3.05) is 30.9 Å². The lowest BCUT2D eigenvalue weighted by Gasteiger charge is -2.30. The average molecular weight is 474 g/mol. The molecule has 0 radical (unpaired) electrons. The van der Waals surface area contributed by atoms with Gasteiger partial charge in [0.15, 0.2) is 11.5 Å². The normalized spacial score (nSPS) is 15.4. The lowest BCUT2D eigenvalue weighted by atomic mass is 10.1. The van der Waals surface area contributed by atoms with Crippen molar-refractivity contribution in [2.24, 2.45) is 0 Å². The number of hydrogen-bond acceptors (Lipinski definition) is 5. The summed E-state index contributed by atoms with van der Waals surface area (Å²) in [7, 11) is 3.00. The van der Waals surface area contributed by atoms with Gasteiger partial charge in [0.05, 0.1) is 29.6 Å². The van der Waals surface area contributed by atoms with Gasteiger partial charge in [-0.3, -0.25) is 14.4 Å². The highest BCUT2D eigenvalue weighted by molar-refractivity contribution is 6.32. The van der Waals surface area contributed by atoms with Crippen molar-refractivity contribution in [2.45, 2.75) is 39.3 Å². The topological polar surface area (TPSA) is 88.2 Å². The van der Waals surface area contributed by atoms with E-state index in [0.717, 1.165) is 0 Å². The molecule has 0 aliphatic carbocycles. The number of carbonyl (C=O) groups excluding carboxylic acids is 3. The minimum Gasteiger partial charge on any atom is -0.493 e. The highest BCUT2D eigenvalue weighted by atomic mass is 35.5. The molecule has 0 spiro atoms. The predicted octanol–water partition coefficient (Wildman–Crippen LogP) is 3.97. The Hall–Kier alpha value is -3.26. The summed E-state index contributed by atoms with van der Waals surface area (Å²) < 4.78 is 11.1. The van der Waals surface area contributed by atoms with E-state index in [1.807, 2.05) is 13.8 Å². The number of para-hydroxylation sites is 2. The summed E-state index contributed by atoms with van der Waals surface area (Å²) in [5, 5.41) is 3.06. The molecule has 1 heterocycles. The molecule has 3 rings (SSSR count). The van der Waals surface area contributed by atoms with Gasteiger partial charge in [0.1, 0.15) is 6.54 Å². The van der Waals surface area contributed by atoms with Gasteiger partial charge in [-0.2, -0.15) is 0 Å². The van der Waals surface area contributed by atoms with Gasteiger partial charge in [-0.25, -0.2) is 0 Å². The first-order valence-electron chi connectivity index (χ1n) is 10.6. The van der Waals surface area contributed by atoms with Crippen LogP contribution < -0.4 is 19.7 Å². The molecule has 0 unspecified atom stereocenters. The smallest absolute Gasteiger partial charge is 0.254 e. The molecule has 0 saturated heterocycles. The van der Waals surface area contributed by atoms with Crippen LogP contribution in [0.5, 0.6) is 11.5 Å². The molecule has 0 aromatic heterocycles. The zero-order valence-electron chi connectivity index (χ0n) is 19.3. The summed E-state index contributed by atoms with van der Waals surface area (Å²) in [4.78, 5) is 41.4. The number of halogens is 1. The van der Waals surface area contributed by atoms with Crippen molar-refractivity contribution in [3.63, 3.8) is 0 Å². The molecule has 0 fully saturated rings. The van der Waals surface area contributed by atoms with Gasteiger partial charge >= 0.3 is 0 Å². The average Bonchev–Trinajstić information content (AvgIpc) is 2.88.